The maximum atomic E-state index is 12.3. The quantitative estimate of drug-likeness (QED) is 0.737. The zero-order valence-corrected chi connectivity index (χ0v) is 12.2. The van der Waals surface area contributed by atoms with Crippen LogP contribution in [0.4, 0.5) is 5.69 Å². The number of hydrogen-bond donors (Lipinski definition) is 3. The van der Waals surface area contributed by atoms with Crippen LogP contribution in [0.15, 0.2) is 36.4 Å². The summed E-state index contributed by atoms with van der Waals surface area (Å²) in [6.07, 6.45) is 4.36. The van der Waals surface area contributed by atoms with Crippen molar-refractivity contribution in [1.29, 1.82) is 0 Å². The van der Waals surface area contributed by atoms with Gasteiger partial charge in [0.05, 0.1) is 11.8 Å². The summed E-state index contributed by atoms with van der Waals surface area (Å²) in [5.41, 5.74) is 0.906. The number of carbonyl (C=O) groups is 3. The first-order valence-corrected chi connectivity index (χ1v) is 7.03. The lowest BCUT2D eigenvalue weighted by Gasteiger charge is -2.24. The van der Waals surface area contributed by atoms with E-state index in [0.717, 1.165) is 0 Å². The minimum atomic E-state index is -0.969. The fourth-order valence-corrected chi connectivity index (χ4v) is 2.49. The van der Waals surface area contributed by atoms with Crippen LogP contribution in [0.2, 0.25) is 0 Å². The molecular weight excluding hydrogens is 284 g/mol. The molecule has 0 radical (unpaired) electrons. The molecule has 2 amide bonds. The third-order valence-corrected chi connectivity index (χ3v) is 3.71. The highest BCUT2D eigenvalue weighted by atomic mass is 16.4. The van der Waals surface area contributed by atoms with E-state index in [9.17, 15) is 19.5 Å². The molecule has 3 N–H and O–H groups in total. The molecule has 6 nitrogen and oxygen atoms in total. The topological polar surface area (TPSA) is 95.5 Å². The minimum Gasteiger partial charge on any atom is -0.481 e. The molecule has 1 aromatic carbocycles. The Morgan fingerprint density at radius 3 is 2.45 bits per heavy atom. The summed E-state index contributed by atoms with van der Waals surface area (Å²) in [5, 5.41) is 14.4. The van der Waals surface area contributed by atoms with Gasteiger partial charge in [-0.1, -0.05) is 18.2 Å². The van der Waals surface area contributed by atoms with E-state index < -0.39 is 17.8 Å². The van der Waals surface area contributed by atoms with Gasteiger partial charge in [-0.2, -0.15) is 0 Å². The van der Waals surface area contributed by atoms with Crippen LogP contribution in [0, 0.1) is 11.8 Å². The Hall–Kier alpha value is -2.63. The highest BCUT2D eigenvalue weighted by molar-refractivity contribution is 5.98. The molecule has 0 fully saturated rings. The molecule has 0 spiro atoms. The number of rotatable bonds is 4. The number of carboxylic acids is 1. The summed E-state index contributed by atoms with van der Waals surface area (Å²) < 4.78 is 0. The molecule has 1 aliphatic rings. The summed E-state index contributed by atoms with van der Waals surface area (Å²) in [5.74, 6) is -2.88. The predicted octanol–water partition coefficient (Wildman–Crippen LogP) is 1.65. The first-order chi connectivity index (χ1) is 10.5. The molecule has 0 bridgehead atoms. The van der Waals surface area contributed by atoms with Crippen molar-refractivity contribution < 1.29 is 19.5 Å². The molecule has 0 saturated heterocycles. The number of carbonyl (C=O) groups excluding carboxylic acids is 2. The van der Waals surface area contributed by atoms with Crippen LogP contribution in [0.1, 0.15) is 23.2 Å². The van der Waals surface area contributed by atoms with Gasteiger partial charge in [-0.15, -0.1) is 0 Å². The van der Waals surface area contributed by atoms with Crippen LogP contribution in [-0.4, -0.2) is 29.9 Å². The highest BCUT2D eigenvalue weighted by Crippen LogP contribution is 2.27. The normalized spacial score (nSPS) is 20.2. The van der Waals surface area contributed by atoms with Crippen molar-refractivity contribution in [2.45, 2.75) is 12.8 Å². The second-order valence-corrected chi connectivity index (χ2v) is 5.14. The van der Waals surface area contributed by atoms with Gasteiger partial charge >= 0.3 is 5.97 Å². The Morgan fingerprint density at radius 1 is 1.14 bits per heavy atom. The number of amides is 2. The lowest BCUT2D eigenvalue weighted by Crippen LogP contribution is -2.34. The summed E-state index contributed by atoms with van der Waals surface area (Å²) >= 11 is 0. The maximum Gasteiger partial charge on any atom is 0.307 e. The Balaban J connectivity index is 2.13. The van der Waals surface area contributed by atoms with Gasteiger partial charge in [-0.05, 0) is 31.0 Å². The van der Waals surface area contributed by atoms with Crippen molar-refractivity contribution in [3.8, 4) is 0 Å². The van der Waals surface area contributed by atoms with E-state index in [1.54, 1.807) is 30.3 Å². The molecule has 0 unspecified atom stereocenters. The molecule has 0 heterocycles. The van der Waals surface area contributed by atoms with Crippen molar-refractivity contribution in [3.63, 3.8) is 0 Å². The predicted molar refractivity (Wildman–Crippen MR) is 81.5 cm³/mol. The lowest BCUT2D eigenvalue weighted by molar-refractivity contribution is -0.146. The first-order valence-electron chi connectivity index (χ1n) is 7.03. The molecule has 0 saturated carbocycles. The Bertz CT molecular complexity index is 624. The van der Waals surface area contributed by atoms with E-state index in [-0.39, 0.29) is 11.8 Å². The molecule has 1 aliphatic carbocycles. The summed E-state index contributed by atoms with van der Waals surface area (Å²) in [6, 6.07) is 6.53. The third kappa shape index (κ3) is 3.52. The van der Waals surface area contributed by atoms with Crippen LogP contribution < -0.4 is 10.6 Å². The van der Waals surface area contributed by atoms with Crippen molar-refractivity contribution in [3.05, 3.63) is 42.0 Å². The molecule has 116 valence electrons. The van der Waals surface area contributed by atoms with Crippen LogP contribution in [0.5, 0.6) is 0 Å². The van der Waals surface area contributed by atoms with Gasteiger partial charge in [-0.3, -0.25) is 14.4 Å². The zero-order valence-electron chi connectivity index (χ0n) is 12.2. The Labute approximate surface area is 128 Å². The Morgan fingerprint density at radius 2 is 1.82 bits per heavy atom. The number of allylic oxidation sites excluding steroid dienone is 2. The second-order valence-electron chi connectivity index (χ2n) is 5.14. The van der Waals surface area contributed by atoms with E-state index in [0.29, 0.717) is 24.1 Å². The van der Waals surface area contributed by atoms with Gasteiger partial charge in [-0.25, -0.2) is 0 Å². The van der Waals surface area contributed by atoms with Crippen LogP contribution in [-0.2, 0) is 9.59 Å². The monoisotopic (exact) mass is 302 g/mol. The SMILES string of the molecule is CNC(=O)c1cccc(NC(=O)[C@H]2CC=CC[C@@H]2C(=O)O)c1. The molecule has 0 aliphatic heterocycles. The number of carboxylic acid groups (broad SMARTS) is 1. The van der Waals surface area contributed by atoms with Gasteiger partial charge in [0.2, 0.25) is 5.91 Å². The second kappa shape index (κ2) is 6.89. The van der Waals surface area contributed by atoms with Gasteiger partial charge in [0.1, 0.15) is 0 Å². The number of aliphatic carboxylic acids is 1. The average molecular weight is 302 g/mol. The number of benzene rings is 1. The summed E-state index contributed by atoms with van der Waals surface area (Å²) in [6.45, 7) is 0. The van der Waals surface area contributed by atoms with E-state index >= 15 is 0 Å². The zero-order chi connectivity index (χ0) is 16.1. The smallest absolute Gasteiger partial charge is 0.307 e. The standard InChI is InChI=1S/C16H18N2O4/c1-17-14(19)10-5-4-6-11(9-10)18-15(20)12-7-2-3-8-13(12)16(21)22/h2-6,9,12-13H,7-8H2,1H3,(H,17,19)(H,18,20)(H,21,22)/t12-,13-/m0/s1. The van der Waals surface area contributed by atoms with Crippen LogP contribution in [0.25, 0.3) is 0 Å². The van der Waals surface area contributed by atoms with Crippen LogP contribution in [0.3, 0.4) is 0 Å². The Kier molecular flexibility index (Phi) is 4.93. The van der Waals surface area contributed by atoms with Gasteiger partial charge in [0.25, 0.3) is 5.91 Å². The van der Waals surface area contributed by atoms with E-state index in [1.807, 2.05) is 6.08 Å². The number of nitrogens with one attached hydrogen (secondary N) is 2. The summed E-state index contributed by atoms with van der Waals surface area (Å²) in [4.78, 5) is 35.1. The molecule has 1 aromatic rings. The minimum absolute atomic E-state index is 0.250. The molecule has 6 heteroatoms. The fourth-order valence-electron chi connectivity index (χ4n) is 2.49. The maximum absolute atomic E-state index is 12.3. The van der Waals surface area contributed by atoms with E-state index in [1.165, 1.54) is 7.05 Å². The molecule has 0 aromatic heterocycles. The lowest BCUT2D eigenvalue weighted by atomic mass is 9.82. The molecule has 2 rings (SSSR count). The number of anilines is 1. The van der Waals surface area contributed by atoms with E-state index in [4.69, 9.17) is 0 Å². The third-order valence-electron chi connectivity index (χ3n) is 3.71. The molecule has 2 atom stereocenters. The highest BCUT2D eigenvalue weighted by Gasteiger charge is 2.33. The summed E-state index contributed by atoms with van der Waals surface area (Å²) in [7, 11) is 1.53. The van der Waals surface area contributed by atoms with Crippen molar-refractivity contribution in [2.24, 2.45) is 11.8 Å². The van der Waals surface area contributed by atoms with Crippen LogP contribution >= 0.6 is 0 Å². The fraction of sp³-hybridized carbons (Fsp3) is 0.312. The largest absolute Gasteiger partial charge is 0.481 e. The van der Waals surface area contributed by atoms with Crippen molar-refractivity contribution in [2.75, 3.05) is 12.4 Å². The van der Waals surface area contributed by atoms with Gasteiger partial charge < -0.3 is 15.7 Å². The molecular formula is C16H18N2O4. The van der Waals surface area contributed by atoms with Gasteiger partial charge in [0.15, 0.2) is 0 Å². The molecule has 22 heavy (non-hydrogen) atoms. The van der Waals surface area contributed by atoms with Crippen molar-refractivity contribution >= 4 is 23.5 Å². The average Bonchev–Trinajstić information content (AvgIpc) is 2.54. The van der Waals surface area contributed by atoms with E-state index in [2.05, 4.69) is 10.6 Å². The first kappa shape index (κ1) is 15.8. The number of hydrogen-bond acceptors (Lipinski definition) is 3. The van der Waals surface area contributed by atoms with Gasteiger partial charge in [0, 0.05) is 18.3 Å². The van der Waals surface area contributed by atoms with Crippen molar-refractivity contribution in [1.82, 2.24) is 5.32 Å².